The Hall–Kier alpha value is -2.33. The fourth-order valence-corrected chi connectivity index (χ4v) is 2.94. The Morgan fingerprint density at radius 2 is 1.89 bits per heavy atom. The molecule has 1 aromatic heterocycles. The number of hydrogen-bond acceptors (Lipinski definition) is 7. The Kier molecular flexibility index (Phi) is 6.32. The van der Waals surface area contributed by atoms with Gasteiger partial charge in [-0.25, -0.2) is 13.9 Å². The Bertz CT molecular complexity index is 888. The predicted molar refractivity (Wildman–Crippen MR) is 94.4 cm³/mol. The summed E-state index contributed by atoms with van der Waals surface area (Å²) in [6.07, 6.45) is -0.437. The van der Waals surface area contributed by atoms with Gasteiger partial charge in [-0.15, -0.1) is 5.10 Å². The molecule has 0 N–H and O–H groups in total. The number of esters is 1. The summed E-state index contributed by atoms with van der Waals surface area (Å²) in [7, 11) is -4.05. The monoisotopic (exact) mass is 399 g/mol. The predicted octanol–water partition coefficient (Wildman–Crippen LogP) is 2.29. The highest BCUT2D eigenvalue weighted by atomic mass is 32.2. The van der Waals surface area contributed by atoms with Gasteiger partial charge in [-0.3, -0.25) is 4.18 Å². The van der Waals surface area contributed by atoms with Gasteiger partial charge >= 0.3 is 5.97 Å². The van der Waals surface area contributed by atoms with Crippen molar-refractivity contribution in [3.8, 4) is 0 Å². The topological polar surface area (TPSA) is 100 Å². The van der Waals surface area contributed by atoms with Crippen LogP contribution in [0.3, 0.4) is 0 Å². The van der Waals surface area contributed by atoms with E-state index in [1.165, 1.54) is 18.3 Å². The molecule has 0 spiro atoms. The lowest BCUT2D eigenvalue weighted by atomic mass is 10.2. The molecular weight excluding hydrogens is 377 g/mol. The molecule has 10 heteroatoms. The number of ether oxygens (including phenoxy) is 1. The summed E-state index contributed by atoms with van der Waals surface area (Å²) in [4.78, 5) is 11.8. The zero-order chi connectivity index (χ0) is 20.2. The van der Waals surface area contributed by atoms with Gasteiger partial charge in [0.25, 0.3) is 10.1 Å². The maximum atomic E-state index is 14.1. The number of nitrogens with zero attached hydrogens (tertiary/aromatic N) is 3. The van der Waals surface area contributed by atoms with E-state index in [9.17, 15) is 17.6 Å². The number of benzene rings is 1. The molecule has 1 aromatic carbocycles. The number of aromatic nitrogens is 3. The normalized spacial score (nSPS) is 13.4. The highest BCUT2D eigenvalue weighted by Crippen LogP contribution is 2.14. The molecule has 0 aliphatic rings. The van der Waals surface area contributed by atoms with Crippen LogP contribution in [0.15, 0.2) is 35.4 Å². The average molecular weight is 399 g/mol. The molecule has 2 rings (SSSR count). The summed E-state index contributed by atoms with van der Waals surface area (Å²) in [5, 5.41) is 7.27. The van der Waals surface area contributed by atoms with Gasteiger partial charge in [0.15, 0.2) is 5.69 Å². The second-order valence-electron chi connectivity index (χ2n) is 6.98. The molecule has 0 saturated carbocycles. The maximum Gasteiger partial charge on any atom is 0.361 e. The van der Waals surface area contributed by atoms with Crippen molar-refractivity contribution in [2.75, 3.05) is 6.61 Å². The van der Waals surface area contributed by atoms with Gasteiger partial charge in [0.05, 0.1) is 24.2 Å². The highest BCUT2D eigenvalue weighted by molar-refractivity contribution is 7.86. The third-order valence-electron chi connectivity index (χ3n) is 3.25. The molecule has 1 heterocycles. The number of carbonyl (C=O) groups excluding carboxylic acids is 1. The Morgan fingerprint density at radius 1 is 1.26 bits per heavy atom. The Labute approximate surface area is 157 Å². The van der Waals surface area contributed by atoms with E-state index in [1.807, 2.05) is 6.92 Å². The second kappa shape index (κ2) is 8.13. The van der Waals surface area contributed by atoms with Crippen LogP contribution in [0.2, 0.25) is 0 Å². The minimum atomic E-state index is -4.05. The zero-order valence-corrected chi connectivity index (χ0v) is 16.4. The maximum absolute atomic E-state index is 14.1. The van der Waals surface area contributed by atoms with Crippen LogP contribution < -0.4 is 0 Å². The molecule has 27 heavy (non-hydrogen) atoms. The van der Waals surface area contributed by atoms with E-state index in [0.29, 0.717) is 0 Å². The lowest BCUT2D eigenvalue weighted by molar-refractivity contribution is 0.00626. The van der Waals surface area contributed by atoms with E-state index >= 15 is 0 Å². The van der Waals surface area contributed by atoms with E-state index in [0.717, 1.165) is 10.2 Å². The van der Waals surface area contributed by atoms with Crippen LogP contribution in [0.5, 0.6) is 0 Å². The van der Waals surface area contributed by atoms with Crippen LogP contribution in [0.1, 0.15) is 36.8 Å². The molecule has 0 radical (unpaired) electrons. The number of halogens is 1. The fourth-order valence-electron chi connectivity index (χ4n) is 2.00. The van der Waals surface area contributed by atoms with Gasteiger partial charge in [-0.1, -0.05) is 22.9 Å². The van der Waals surface area contributed by atoms with E-state index in [-0.39, 0.29) is 17.1 Å². The molecular formula is C17H22FN3O5S. The van der Waals surface area contributed by atoms with Gasteiger partial charge in [-0.2, -0.15) is 8.42 Å². The molecule has 0 aliphatic carbocycles. The van der Waals surface area contributed by atoms with E-state index < -0.39 is 34.5 Å². The fraction of sp³-hybridized carbons (Fsp3) is 0.471. The van der Waals surface area contributed by atoms with E-state index in [1.54, 1.807) is 32.9 Å². The molecule has 0 bridgehead atoms. The van der Waals surface area contributed by atoms with Crippen molar-refractivity contribution in [2.45, 2.75) is 50.9 Å². The summed E-state index contributed by atoms with van der Waals surface area (Å²) in [6.45, 7) is 5.94. The Balaban J connectivity index is 1.91. The molecule has 2 aromatic rings. The number of hydrogen-bond donors (Lipinski definition) is 0. The molecule has 1 atom stereocenters. The van der Waals surface area contributed by atoms with Gasteiger partial charge in [-0.05, 0) is 39.8 Å². The quantitative estimate of drug-likeness (QED) is 0.520. The van der Waals surface area contributed by atoms with Crippen molar-refractivity contribution >= 4 is 16.1 Å². The average Bonchev–Trinajstić information content (AvgIpc) is 3.00. The smallest absolute Gasteiger partial charge is 0.361 e. The first kappa shape index (κ1) is 21.0. The summed E-state index contributed by atoms with van der Waals surface area (Å²) in [5.74, 6) is -0.678. The summed E-state index contributed by atoms with van der Waals surface area (Å²) >= 11 is 0. The minimum absolute atomic E-state index is 0.0479. The van der Waals surface area contributed by atoms with Crippen LogP contribution in [-0.4, -0.2) is 47.8 Å². The third kappa shape index (κ3) is 6.40. The van der Waals surface area contributed by atoms with Crippen LogP contribution in [-0.2, 0) is 25.6 Å². The minimum Gasteiger partial charge on any atom is -0.455 e. The van der Waals surface area contributed by atoms with Gasteiger partial charge in [0.2, 0.25) is 0 Å². The van der Waals surface area contributed by atoms with Crippen molar-refractivity contribution in [2.24, 2.45) is 0 Å². The van der Waals surface area contributed by atoms with E-state index in [2.05, 4.69) is 10.3 Å². The van der Waals surface area contributed by atoms with Crippen molar-refractivity contribution < 1.29 is 26.5 Å². The van der Waals surface area contributed by atoms with Crippen molar-refractivity contribution in [1.82, 2.24) is 15.0 Å². The summed E-state index contributed by atoms with van der Waals surface area (Å²) in [6, 6.07) is 6.03. The largest absolute Gasteiger partial charge is 0.455 e. The Morgan fingerprint density at radius 3 is 2.48 bits per heavy atom. The standard InChI is InChI=1S/C17H22FN3O5S/c1-12-5-7-14(8-6-12)27(23,24)25-11-13(18)9-21-10-15(19-20-21)16(22)26-17(2,3)4/h5-8,10,13H,9,11H2,1-4H3. The lowest BCUT2D eigenvalue weighted by Crippen LogP contribution is -2.24. The van der Waals surface area contributed by atoms with Gasteiger partial charge < -0.3 is 4.74 Å². The molecule has 148 valence electrons. The SMILES string of the molecule is Cc1ccc(S(=O)(=O)OCC(F)Cn2cc(C(=O)OC(C)(C)C)nn2)cc1. The first-order chi connectivity index (χ1) is 12.5. The van der Waals surface area contributed by atoms with Gasteiger partial charge in [0.1, 0.15) is 11.8 Å². The first-order valence-corrected chi connectivity index (χ1v) is 9.61. The van der Waals surface area contributed by atoms with Crippen LogP contribution in [0.4, 0.5) is 4.39 Å². The van der Waals surface area contributed by atoms with Crippen molar-refractivity contribution in [3.05, 3.63) is 41.7 Å². The highest BCUT2D eigenvalue weighted by Gasteiger charge is 2.22. The lowest BCUT2D eigenvalue weighted by Gasteiger charge is -2.18. The van der Waals surface area contributed by atoms with Crippen LogP contribution in [0, 0.1) is 6.92 Å². The molecule has 8 nitrogen and oxygen atoms in total. The zero-order valence-electron chi connectivity index (χ0n) is 15.5. The molecule has 0 aliphatic heterocycles. The van der Waals surface area contributed by atoms with Crippen molar-refractivity contribution in [3.63, 3.8) is 0 Å². The van der Waals surface area contributed by atoms with Crippen molar-refractivity contribution in [1.29, 1.82) is 0 Å². The van der Waals surface area contributed by atoms with Crippen LogP contribution >= 0.6 is 0 Å². The number of carbonyl (C=O) groups is 1. The second-order valence-corrected chi connectivity index (χ2v) is 8.59. The van der Waals surface area contributed by atoms with E-state index in [4.69, 9.17) is 8.92 Å². The molecule has 1 unspecified atom stereocenters. The molecule has 0 amide bonds. The summed E-state index contributed by atoms with van der Waals surface area (Å²) < 4.78 is 49.2. The molecule has 0 saturated heterocycles. The number of rotatable bonds is 7. The first-order valence-electron chi connectivity index (χ1n) is 8.20. The number of aryl methyl sites for hydroxylation is 1. The number of alkyl halides is 1. The summed E-state index contributed by atoms with van der Waals surface area (Å²) in [5.41, 5.74) is 0.136. The van der Waals surface area contributed by atoms with Crippen LogP contribution in [0.25, 0.3) is 0 Å². The molecule has 0 fully saturated rings. The third-order valence-corrected chi connectivity index (χ3v) is 4.54. The van der Waals surface area contributed by atoms with Gasteiger partial charge in [0, 0.05) is 0 Å².